The fourth-order valence-electron chi connectivity index (χ4n) is 2.81. The van der Waals surface area contributed by atoms with E-state index in [1.807, 2.05) is 42.3 Å². The second-order valence-corrected chi connectivity index (χ2v) is 6.58. The summed E-state index contributed by atoms with van der Waals surface area (Å²) < 4.78 is 4.93. The first-order chi connectivity index (χ1) is 14.5. The number of pyridine rings is 1. The zero-order valence-electron chi connectivity index (χ0n) is 17.3. The van der Waals surface area contributed by atoms with E-state index in [4.69, 9.17) is 9.84 Å². The molecule has 3 rings (SSSR count). The second-order valence-electron chi connectivity index (χ2n) is 6.58. The van der Waals surface area contributed by atoms with Crippen LogP contribution in [0.4, 0.5) is 0 Å². The number of carboxylic acid groups (broad SMARTS) is 1. The van der Waals surface area contributed by atoms with Crippen molar-refractivity contribution in [3.05, 3.63) is 66.0 Å². The van der Waals surface area contributed by atoms with Crippen molar-refractivity contribution in [3.63, 3.8) is 0 Å². The average molecular weight is 415 g/mol. The van der Waals surface area contributed by atoms with Gasteiger partial charge < -0.3 is 20.0 Å². The Labute approximate surface area is 176 Å². The Morgan fingerprint density at radius 2 is 2.03 bits per heavy atom. The van der Waals surface area contributed by atoms with Gasteiger partial charge in [-0.05, 0) is 43.6 Å². The number of aliphatic carboxylic acids is 1. The van der Waals surface area contributed by atoms with Crippen molar-refractivity contribution in [2.75, 3.05) is 20.7 Å². The van der Waals surface area contributed by atoms with Gasteiger partial charge in [-0.3, -0.25) is 19.5 Å². The maximum Gasteiger partial charge on any atom is 0.320 e. The third-order valence-corrected chi connectivity index (χ3v) is 4.39. The van der Waals surface area contributed by atoms with Crippen molar-refractivity contribution in [2.24, 2.45) is 0 Å². The molecule has 1 aromatic heterocycles. The number of likely N-dealkylation sites (tertiary alicyclic amines) is 1. The van der Waals surface area contributed by atoms with Gasteiger partial charge in [-0.1, -0.05) is 36.4 Å². The summed E-state index contributed by atoms with van der Waals surface area (Å²) >= 11 is 0. The summed E-state index contributed by atoms with van der Waals surface area (Å²) in [5, 5.41) is 10.9. The lowest BCUT2D eigenvalue weighted by Gasteiger charge is -2.13. The van der Waals surface area contributed by atoms with E-state index in [0.29, 0.717) is 24.9 Å². The van der Waals surface area contributed by atoms with Gasteiger partial charge in [0.25, 0.3) is 0 Å². The number of ether oxygens (including phenoxy) is 1. The van der Waals surface area contributed by atoms with Crippen LogP contribution in [-0.2, 0) is 25.7 Å². The summed E-state index contributed by atoms with van der Waals surface area (Å²) in [6, 6.07) is 12.7. The van der Waals surface area contributed by atoms with Crippen LogP contribution in [0.2, 0.25) is 0 Å². The lowest BCUT2D eigenvalue weighted by Crippen LogP contribution is -2.32. The average Bonchev–Trinajstić information content (AvgIpc) is 3.21. The summed E-state index contributed by atoms with van der Waals surface area (Å²) in [4.78, 5) is 36.6. The minimum atomic E-state index is -0.685. The van der Waals surface area contributed by atoms with E-state index in [1.165, 1.54) is 11.8 Å². The molecule has 2 aromatic rings. The molecule has 1 aliphatic heterocycles. The molecule has 1 saturated heterocycles. The van der Waals surface area contributed by atoms with Crippen LogP contribution >= 0.6 is 0 Å². The number of aromatic nitrogens is 1. The minimum Gasteiger partial charge on any atom is -0.480 e. The van der Waals surface area contributed by atoms with Crippen LogP contribution in [-0.4, -0.2) is 60.4 Å². The molecule has 0 bridgehead atoms. The standard InChI is InChI=1S/C8H8N2O2.C8H10O.C6H11NO2/c11-5-8(10-6-12)7-2-1-3-9-4-7;1-9-7-8-5-3-2-4-6-8;1-7-4-2-3-5(7)6(8)9/h1-6,8H,(H,10,12);2-6H,7H2,1H3;5H,2-4H2,1H3,(H,8,9). The third-order valence-electron chi connectivity index (χ3n) is 4.39. The van der Waals surface area contributed by atoms with Crippen molar-refractivity contribution in [1.29, 1.82) is 0 Å². The molecule has 1 fully saturated rings. The van der Waals surface area contributed by atoms with Crippen molar-refractivity contribution in [1.82, 2.24) is 15.2 Å². The number of likely N-dealkylation sites (N-methyl/N-ethyl adjacent to an activating group) is 1. The topological polar surface area (TPSA) is 109 Å². The molecule has 2 heterocycles. The number of carboxylic acids is 1. The number of nitrogens with one attached hydrogen (secondary N) is 1. The van der Waals surface area contributed by atoms with Gasteiger partial charge in [0.2, 0.25) is 6.41 Å². The van der Waals surface area contributed by atoms with E-state index >= 15 is 0 Å². The Morgan fingerprint density at radius 3 is 2.47 bits per heavy atom. The number of carbonyl (C=O) groups excluding carboxylic acids is 2. The zero-order valence-corrected chi connectivity index (χ0v) is 17.3. The third kappa shape index (κ3) is 9.40. The molecule has 0 aliphatic carbocycles. The van der Waals surface area contributed by atoms with Crippen LogP contribution < -0.4 is 5.32 Å². The van der Waals surface area contributed by atoms with Gasteiger partial charge >= 0.3 is 5.97 Å². The first kappa shape index (κ1) is 24.9. The van der Waals surface area contributed by atoms with Gasteiger partial charge in [0.1, 0.15) is 18.4 Å². The van der Waals surface area contributed by atoms with E-state index < -0.39 is 12.0 Å². The van der Waals surface area contributed by atoms with Crippen molar-refractivity contribution < 1.29 is 24.2 Å². The lowest BCUT2D eigenvalue weighted by molar-refractivity contribution is -0.141. The summed E-state index contributed by atoms with van der Waals surface area (Å²) in [6.45, 7) is 1.64. The minimum absolute atomic E-state index is 0.218. The highest BCUT2D eigenvalue weighted by molar-refractivity contribution is 5.73. The number of hydrogen-bond donors (Lipinski definition) is 2. The van der Waals surface area contributed by atoms with Gasteiger partial charge in [-0.15, -0.1) is 0 Å². The van der Waals surface area contributed by atoms with E-state index in [9.17, 15) is 14.4 Å². The molecular weight excluding hydrogens is 386 g/mol. The molecule has 8 nitrogen and oxygen atoms in total. The number of nitrogens with zero attached hydrogens (tertiary/aromatic N) is 2. The molecule has 2 atom stereocenters. The number of rotatable bonds is 7. The number of carbonyl (C=O) groups is 3. The van der Waals surface area contributed by atoms with Crippen molar-refractivity contribution >= 4 is 18.7 Å². The van der Waals surface area contributed by atoms with Gasteiger partial charge in [0.15, 0.2) is 0 Å². The maximum absolute atomic E-state index is 10.4. The van der Waals surface area contributed by atoms with Crippen LogP contribution in [0.3, 0.4) is 0 Å². The summed E-state index contributed by atoms with van der Waals surface area (Å²) in [5.41, 5.74) is 1.90. The van der Waals surface area contributed by atoms with Crippen molar-refractivity contribution in [2.45, 2.75) is 31.5 Å². The predicted molar refractivity (Wildman–Crippen MR) is 113 cm³/mol. The van der Waals surface area contributed by atoms with E-state index in [0.717, 1.165) is 19.4 Å². The summed E-state index contributed by atoms with van der Waals surface area (Å²) in [7, 11) is 3.55. The van der Waals surface area contributed by atoms with Gasteiger partial charge in [-0.2, -0.15) is 0 Å². The van der Waals surface area contributed by atoms with Gasteiger partial charge in [0, 0.05) is 19.5 Å². The smallest absolute Gasteiger partial charge is 0.320 e. The number of methoxy groups -OCH3 is 1. The van der Waals surface area contributed by atoms with Crippen LogP contribution in [0, 0.1) is 0 Å². The first-order valence-corrected chi connectivity index (χ1v) is 9.54. The lowest BCUT2D eigenvalue weighted by atomic mass is 10.1. The molecule has 0 saturated carbocycles. The largest absolute Gasteiger partial charge is 0.480 e. The van der Waals surface area contributed by atoms with Gasteiger partial charge in [0.05, 0.1) is 6.61 Å². The van der Waals surface area contributed by atoms with E-state index in [1.54, 1.807) is 25.4 Å². The fourth-order valence-corrected chi connectivity index (χ4v) is 2.81. The molecule has 30 heavy (non-hydrogen) atoms. The van der Waals surface area contributed by atoms with Crippen LogP contribution in [0.25, 0.3) is 0 Å². The molecule has 8 heteroatoms. The Morgan fingerprint density at radius 1 is 1.30 bits per heavy atom. The Bertz CT molecular complexity index is 743. The fraction of sp³-hybridized carbons (Fsp3) is 0.364. The van der Waals surface area contributed by atoms with Crippen LogP contribution in [0.15, 0.2) is 54.9 Å². The van der Waals surface area contributed by atoms with Crippen LogP contribution in [0.5, 0.6) is 0 Å². The SMILES string of the molecule is CN1CCCC1C(=O)O.COCc1ccccc1.O=CNC(C=O)c1cccnc1. The Balaban J connectivity index is 0.000000229. The Hall–Kier alpha value is -3.10. The van der Waals surface area contributed by atoms with Crippen molar-refractivity contribution in [3.8, 4) is 0 Å². The molecule has 1 aromatic carbocycles. The number of aldehydes is 1. The molecular formula is C22H29N3O5. The van der Waals surface area contributed by atoms with E-state index in [2.05, 4.69) is 10.3 Å². The number of amides is 1. The number of hydrogen-bond acceptors (Lipinski definition) is 6. The second kappa shape index (κ2) is 14.8. The molecule has 162 valence electrons. The maximum atomic E-state index is 10.4. The Kier molecular flexibility index (Phi) is 12.3. The van der Waals surface area contributed by atoms with E-state index in [-0.39, 0.29) is 6.04 Å². The quantitative estimate of drug-likeness (QED) is 0.666. The molecule has 1 amide bonds. The normalized spacial score (nSPS) is 16.1. The highest BCUT2D eigenvalue weighted by Crippen LogP contribution is 2.13. The number of benzene rings is 1. The zero-order chi connectivity index (χ0) is 22.2. The monoisotopic (exact) mass is 415 g/mol. The summed E-state index contributed by atoms with van der Waals surface area (Å²) in [6.07, 6.45) is 6.12. The van der Waals surface area contributed by atoms with Crippen LogP contribution in [0.1, 0.15) is 30.0 Å². The molecule has 0 spiro atoms. The first-order valence-electron chi connectivity index (χ1n) is 9.54. The van der Waals surface area contributed by atoms with Gasteiger partial charge in [-0.25, -0.2) is 0 Å². The highest BCUT2D eigenvalue weighted by Gasteiger charge is 2.26. The predicted octanol–water partition coefficient (Wildman–Crippen LogP) is 2.07. The molecule has 2 unspecified atom stereocenters. The highest BCUT2D eigenvalue weighted by atomic mass is 16.5. The molecule has 1 aliphatic rings. The molecule has 2 N–H and O–H groups in total. The summed E-state index contributed by atoms with van der Waals surface area (Å²) in [5.74, 6) is -0.685. The molecule has 0 radical (unpaired) electrons.